The Labute approximate surface area is 178 Å². The van der Waals surface area contributed by atoms with Crippen molar-refractivity contribution in [2.24, 2.45) is 0 Å². The van der Waals surface area contributed by atoms with E-state index in [0.717, 1.165) is 22.6 Å². The summed E-state index contributed by atoms with van der Waals surface area (Å²) < 4.78 is 11.3. The van der Waals surface area contributed by atoms with Crippen LogP contribution in [0.25, 0.3) is 11.3 Å². The van der Waals surface area contributed by atoms with Gasteiger partial charge in [-0.2, -0.15) is 0 Å². The molecule has 2 aromatic carbocycles. The molecule has 1 amide bonds. The number of anilines is 1. The van der Waals surface area contributed by atoms with Gasteiger partial charge in [0, 0.05) is 23.3 Å². The average Bonchev–Trinajstić information content (AvgIpc) is 3.27. The lowest BCUT2D eigenvalue weighted by Gasteiger charge is -2.08. The molecule has 2 aromatic heterocycles. The average molecular weight is 417 g/mol. The normalized spacial score (nSPS) is 10.4. The Morgan fingerprint density at radius 2 is 1.60 bits per heavy atom. The lowest BCUT2D eigenvalue weighted by Crippen LogP contribution is -2.20. The van der Waals surface area contributed by atoms with Crippen LogP contribution in [0.1, 0.15) is 5.56 Å². The van der Waals surface area contributed by atoms with E-state index in [-0.39, 0.29) is 12.5 Å². The van der Waals surface area contributed by atoms with Gasteiger partial charge >= 0.3 is 0 Å². The number of nitrogens with one attached hydrogen (secondary N) is 1. The lowest BCUT2D eigenvalue weighted by atomic mass is 10.2. The number of ether oxygens (including phenoxy) is 2. The van der Waals surface area contributed by atoms with Gasteiger partial charge in [0.15, 0.2) is 11.7 Å². The van der Waals surface area contributed by atoms with Crippen LogP contribution in [0.3, 0.4) is 0 Å². The summed E-state index contributed by atoms with van der Waals surface area (Å²) in [5.74, 6) is 1.06. The quantitative estimate of drug-likeness (QED) is 0.446. The number of thiazole rings is 1. The number of nitrogens with zero attached hydrogens (tertiary/aromatic N) is 2. The minimum atomic E-state index is -0.268. The molecule has 0 unspecified atom stereocenters. The molecule has 30 heavy (non-hydrogen) atoms. The van der Waals surface area contributed by atoms with E-state index in [1.54, 1.807) is 24.5 Å². The first-order chi connectivity index (χ1) is 14.8. The highest BCUT2D eigenvalue weighted by atomic mass is 32.1. The van der Waals surface area contributed by atoms with Crippen molar-refractivity contribution in [1.29, 1.82) is 0 Å². The van der Waals surface area contributed by atoms with Crippen LogP contribution in [-0.4, -0.2) is 22.5 Å². The Balaban J connectivity index is 1.24. The Morgan fingerprint density at radius 1 is 0.900 bits per heavy atom. The highest BCUT2D eigenvalue weighted by Crippen LogP contribution is 2.24. The summed E-state index contributed by atoms with van der Waals surface area (Å²) in [6.45, 7) is 0.396. The number of carbonyl (C=O) groups is 1. The first kappa shape index (κ1) is 19.6. The summed E-state index contributed by atoms with van der Waals surface area (Å²) in [5, 5.41) is 5.17. The van der Waals surface area contributed by atoms with Crippen LogP contribution in [0.4, 0.5) is 5.13 Å². The maximum Gasteiger partial charge on any atom is 0.264 e. The van der Waals surface area contributed by atoms with E-state index in [1.807, 2.05) is 60.0 Å². The fourth-order valence-electron chi connectivity index (χ4n) is 2.66. The van der Waals surface area contributed by atoms with Crippen molar-refractivity contribution < 1.29 is 14.3 Å². The molecule has 2 heterocycles. The zero-order valence-electron chi connectivity index (χ0n) is 16.0. The van der Waals surface area contributed by atoms with Gasteiger partial charge in [-0.1, -0.05) is 30.3 Å². The molecule has 0 aliphatic heterocycles. The third-order valence-corrected chi connectivity index (χ3v) is 4.93. The van der Waals surface area contributed by atoms with Gasteiger partial charge < -0.3 is 9.47 Å². The minimum Gasteiger partial charge on any atom is -0.489 e. The maximum absolute atomic E-state index is 12.2. The molecule has 0 bridgehead atoms. The van der Waals surface area contributed by atoms with Gasteiger partial charge in [0.05, 0.1) is 5.69 Å². The number of rotatable bonds is 8. The van der Waals surface area contributed by atoms with Crippen LogP contribution in [-0.2, 0) is 11.4 Å². The standard InChI is InChI=1S/C23H19N3O3S/c27-22(26-23-25-21(16-30-23)18-10-12-24-13-11-18)15-29-20-8-6-19(7-9-20)28-14-17-4-2-1-3-5-17/h1-13,16H,14-15H2,(H,25,26,27). The number of benzene rings is 2. The first-order valence-electron chi connectivity index (χ1n) is 9.32. The van der Waals surface area contributed by atoms with E-state index >= 15 is 0 Å². The van der Waals surface area contributed by atoms with E-state index in [1.165, 1.54) is 11.3 Å². The van der Waals surface area contributed by atoms with E-state index in [0.29, 0.717) is 17.5 Å². The molecule has 4 aromatic rings. The van der Waals surface area contributed by atoms with Gasteiger partial charge in [0.25, 0.3) is 5.91 Å². The number of aromatic nitrogens is 2. The molecular formula is C23H19N3O3S. The second-order valence-corrected chi connectivity index (χ2v) is 7.21. The van der Waals surface area contributed by atoms with E-state index < -0.39 is 0 Å². The molecule has 7 heteroatoms. The fourth-order valence-corrected chi connectivity index (χ4v) is 3.40. The molecule has 4 rings (SSSR count). The molecule has 6 nitrogen and oxygen atoms in total. The molecule has 0 saturated heterocycles. The number of pyridine rings is 1. The van der Waals surface area contributed by atoms with E-state index in [9.17, 15) is 4.79 Å². The van der Waals surface area contributed by atoms with Gasteiger partial charge in [-0.15, -0.1) is 11.3 Å². The maximum atomic E-state index is 12.2. The molecule has 0 radical (unpaired) electrons. The zero-order valence-corrected chi connectivity index (χ0v) is 16.8. The van der Waals surface area contributed by atoms with Gasteiger partial charge in [0.1, 0.15) is 18.1 Å². The zero-order chi connectivity index (χ0) is 20.6. The summed E-state index contributed by atoms with van der Waals surface area (Å²) in [5.41, 5.74) is 2.85. The van der Waals surface area contributed by atoms with E-state index in [4.69, 9.17) is 9.47 Å². The summed E-state index contributed by atoms with van der Waals surface area (Å²) in [7, 11) is 0. The molecule has 0 aliphatic carbocycles. The number of hydrogen-bond donors (Lipinski definition) is 1. The molecule has 0 aliphatic rings. The first-order valence-corrected chi connectivity index (χ1v) is 10.2. The number of hydrogen-bond acceptors (Lipinski definition) is 6. The Kier molecular flexibility index (Phi) is 6.31. The van der Waals surface area contributed by atoms with Crippen molar-refractivity contribution in [1.82, 2.24) is 9.97 Å². The monoisotopic (exact) mass is 417 g/mol. The summed E-state index contributed by atoms with van der Waals surface area (Å²) in [6, 6.07) is 20.9. The molecule has 0 saturated carbocycles. The van der Waals surface area contributed by atoms with Gasteiger partial charge in [-0.3, -0.25) is 15.1 Å². The second-order valence-electron chi connectivity index (χ2n) is 6.36. The van der Waals surface area contributed by atoms with Crippen molar-refractivity contribution >= 4 is 22.4 Å². The van der Waals surface area contributed by atoms with Crippen molar-refractivity contribution in [2.45, 2.75) is 6.61 Å². The topological polar surface area (TPSA) is 73.3 Å². The van der Waals surface area contributed by atoms with Crippen LogP contribution in [0, 0.1) is 0 Å². The highest BCUT2D eigenvalue weighted by molar-refractivity contribution is 7.14. The molecule has 150 valence electrons. The minimum absolute atomic E-state index is 0.103. The Hall–Kier alpha value is -3.71. The smallest absolute Gasteiger partial charge is 0.264 e. The largest absolute Gasteiger partial charge is 0.489 e. The lowest BCUT2D eigenvalue weighted by molar-refractivity contribution is -0.118. The van der Waals surface area contributed by atoms with Gasteiger partial charge in [0.2, 0.25) is 0 Å². The van der Waals surface area contributed by atoms with Crippen LogP contribution < -0.4 is 14.8 Å². The van der Waals surface area contributed by atoms with Crippen LogP contribution in [0.2, 0.25) is 0 Å². The molecule has 0 spiro atoms. The Bertz CT molecular complexity index is 1080. The summed E-state index contributed by atoms with van der Waals surface area (Å²) in [4.78, 5) is 20.6. The number of amides is 1. The second kappa shape index (κ2) is 9.67. The van der Waals surface area contributed by atoms with Crippen molar-refractivity contribution in [3.05, 3.63) is 90.1 Å². The van der Waals surface area contributed by atoms with Gasteiger partial charge in [-0.25, -0.2) is 4.98 Å². The highest BCUT2D eigenvalue weighted by Gasteiger charge is 2.09. The predicted octanol–water partition coefficient (Wildman–Crippen LogP) is 4.80. The Morgan fingerprint density at radius 3 is 2.33 bits per heavy atom. The third-order valence-electron chi connectivity index (χ3n) is 4.17. The SMILES string of the molecule is O=C(COc1ccc(OCc2ccccc2)cc1)Nc1nc(-c2ccncc2)cs1. The van der Waals surface area contributed by atoms with Crippen LogP contribution >= 0.6 is 11.3 Å². The van der Waals surface area contributed by atoms with Crippen LogP contribution in [0.15, 0.2) is 84.5 Å². The van der Waals surface area contributed by atoms with Crippen molar-refractivity contribution in [2.75, 3.05) is 11.9 Å². The molecule has 0 atom stereocenters. The van der Waals surface area contributed by atoms with E-state index in [2.05, 4.69) is 15.3 Å². The molecular weight excluding hydrogens is 398 g/mol. The third kappa shape index (κ3) is 5.42. The fraction of sp³-hybridized carbons (Fsp3) is 0.0870. The summed E-state index contributed by atoms with van der Waals surface area (Å²) in [6.07, 6.45) is 3.41. The van der Waals surface area contributed by atoms with Crippen molar-refractivity contribution in [3.8, 4) is 22.8 Å². The van der Waals surface area contributed by atoms with Crippen LogP contribution in [0.5, 0.6) is 11.5 Å². The van der Waals surface area contributed by atoms with Crippen molar-refractivity contribution in [3.63, 3.8) is 0 Å². The summed E-state index contributed by atoms with van der Waals surface area (Å²) >= 11 is 1.36. The predicted molar refractivity (Wildman–Crippen MR) is 117 cm³/mol. The molecule has 1 N–H and O–H groups in total. The molecule has 0 fully saturated rings. The van der Waals surface area contributed by atoms with Gasteiger partial charge in [-0.05, 0) is 42.0 Å². The number of carbonyl (C=O) groups excluding carboxylic acids is 1.